The fraction of sp³-hybridized carbons (Fsp3) is 0.471. The van der Waals surface area contributed by atoms with Crippen molar-refractivity contribution in [1.29, 1.82) is 0 Å². The van der Waals surface area contributed by atoms with Gasteiger partial charge in [-0.05, 0) is 44.8 Å². The second-order valence-corrected chi connectivity index (χ2v) is 5.69. The molecule has 1 aromatic rings. The first-order chi connectivity index (χ1) is 9.65. The van der Waals surface area contributed by atoms with Crippen LogP contribution in [0.1, 0.15) is 25.3 Å². The smallest absolute Gasteiger partial charge is 0.220 e. The van der Waals surface area contributed by atoms with E-state index in [1.807, 2.05) is 6.07 Å². The highest BCUT2D eigenvalue weighted by atomic mass is 16.1. The topological polar surface area (TPSA) is 46.3 Å². The monoisotopic (exact) mass is 272 g/mol. The molecule has 1 amide bonds. The number of allylic oxidation sites excluding steroid dienone is 1. The lowest BCUT2D eigenvalue weighted by Crippen LogP contribution is -2.39. The number of amides is 1. The summed E-state index contributed by atoms with van der Waals surface area (Å²) < 4.78 is 0. The Morgan fingerprint density at radius 3 is 2.55 bits per heavy atom. The van der Waals surface area contributed by atoms with Crippen molar-refractivity contribution in [2.45, 2.75) is 26.2 Å². The summed E-state index contributed by atoms with van der Waals surface area (Å²) in [4.78, 5) is 13.5. The summed E-state index contributed by atoms with van der Waals surface area (Å²) in [6, 6.07) is 10.5. The van der Waals surface area contributed by atoms with Crippen molar-refractivity contribution >= 4 is 5.91 Å². The highest BCUT2D eigenvalue weighted by molar-refractivity contribution is 5.76. The largest absolute Gasteiger partial charge is 0.369 e. The molecule has 1 heterocycles. The van der Waals surface area contributed by atoms with E-state index >= 15 is 0 Å². The van der Waals surface area contributed by atoms with Crippen LogP contribution < -0.4 is 5.73 Å². The molecule has 3 heteroatoms. The van der Waals surface area contributed by atoms with Crippen LogP contribution in [0.2, 0.25) is 0 Å². The van der Waals surface area contributed by atoms with Gasteiger partial charge in [-0.2, -0.15) is 0 Å². The van der Waals surface area contributed by atoms with Gasteiger partial charge in [0.2, 0.25) is 5.91 Å². The van der Waals surface area contributed by atoms with E-state index in [1.165, 1.54) is 11.1 Å². The minimum absolute atomic E-state index is 0.0832. The van der Waals surface area contributed by atoms with E-state index in [4.69, 9.17) is 5.73 Å². The number of nitrogens with zero attached hydrogens (tertiary/aromatic N) is 1. The molecule has 0 atom stereocenters. The summed E-state index contributed by atoms with van der Waals surface area (Å²) >= 11 is 0. The van der Waals surface area contributed by atoms with Crippen molar-refractivity contribution in [2.24, 2.45) is 11.7 Å². The third-order valence-corrected chi connectivity index (χ3v) is 3.99. The highest BCUT2D eigenvalue weighted by Gasteiger charge is 2.22. The quantitative estimate of drug-likeness (QED) is 0.837. The summed E-state index contributed by atoms with van der Waals surface area (Å²) in [7, 11) is 0. The van der Waals surface area contributed by atoms with Crippen LogP contribution in [0, 0.1) is 5.92 Å². The molecule has 2 N–H and O–H groups in total. The molecule has 0 aliphatic carbocycles. The van der Waals surface area contributed by atoms with Gasteiger partial charge < -0.3 is 5.73 Å². The molecule has 1 fully saturated rings. The van der Waals surface area contributed by atoms with E-state index in [0.717, 1.165) is 38.9 Å². The number of benzene rings is 1. The second-order valence-electron chi connectivity index (χ2n) is 5.69. The highest BCUT2D eigenvalue weighted by Crippen LogP contribution is 2.17. The number of primary amides is 1. The third-order valence-electron chi connectivity index (χ3n) is 3.99. The van der Waals surface area contributed by atoms with E-state index in [9.17, 15) is 4.79 Å². The van der Waals surface area contributed by atoms with Crippen LogP contribution in [-0.2, 0) is 11.2 Å². The van der Waals surface area contributed by atoms with Crippen molar-refractivity contribution < 1.29 is 4.79 Å². The summed E-state index contributed by atoms with van der Waals surface area (Å²) in [6.45, 7) is 5.13. The third kappa shape index (κ3) is 4.49. The molecule has 1 aromatic carbocycles. The van der Waals surface area contributed by atoms with Crippen LogP contribution in [0.5, 0.6) is 0 Å². The Bertz CT molecular complexity index is 459. The summed E-state index contributed by atoms with van der Waals surface area (Å²) in [5.41, 5.74) is 8.10. The molecule has 2 rings (SSSR count). The van der Waals surface area contributed by atoms with Crippen molar-refractivity contribution in [3.63, 3.8) is 0 Å². The molecule has 108 valence electrons. The fourth-order valence-corrected chi connectivity index (χ4v) is 2.70. The normalized spacial score (nSPS) is 18.1. The average Bonchev–Trinajstić information content (AvgIpc) is 2.47. The Hall–Kier alpha value is -1.61. The first kappa shape index (κ1) is 14.8. The molecule has 20 heavy (non-hydrogen) atoms. The summed E-state index contributed by atoms with van der Waals surface area (Å²) in [6.07, 6.45) is 5.10. The van der Waals surface area contributed by atoms with E-state index in [2.05, 4.69) is 42.2 Å². The number of piperidine rings is 1. The fourth-order valence-electron chi connectivity index (χ4n) is 2.70. The Kier molecular flexibility index (Phi) is 5.36. The molecule has 0 spiro atoms. The maximum Gasteiger partial charge on any atom is 0.220 e. The Balaban J connectivity index is 1.77. The van der Waals surface area contributed by atoms with Gasteiger partial charge in [0.1, 0.15) is 0 Å². The first-order valence-corrected chi connectivity index (χ1v) is 7.36. The van der Waals surface area contributed by atoms with Crippen LogP contribution in [0.4, 0.5) is 0 Å². The average molecular weight is 272 g/mol. The molecule has 1 saturated heterocycles. The summed E-state index contributed by atoms with van der Waals surface area (Å²) in [5, 5.41) is 0. The molecule has 0 aromatic heterocycles. The van der Waals surface area contributed by atoms with Crippen LogP contribution in [0.15, 0.2) is 42.0 Å². The Morgan fingerprint density at radius 2 is 1.95 bits per heavy atom. The van der Waals surface area contributed by atoms with Gasteiger partial charge in [0.05, 0.1) is 0 Å². The predicted octanol–water partition coefficient (Wildman–Crippen LogP) is 2.37. The molecular weight excluding hydrogens is 248 g/mol. The number of hydrogen-bond acceptors (Lipinski definition) is 2. The summed E-state index contributed by atoms with van der Waals surface area (Å²) in [5.74, 6) is -0.0548. The minimum atomic E-state index is -0.138. The lowest BCUT2D eigenvalue weighted by molar-refractivity contribution is -0.123. The van der Waals surface area contributed by atoms with Crippen molar-refractivity contribution in [3.05, 3.63) is 47.5 Å². The Labute approximate surface area is 121 Å². The van der Waals surface area contributed by atoms with Gasteiger partial charge in [-0.3, -0.25) is 9.69 Å². The van der Waals surface area contributed by atoms with E-state index < -0.39 is 0 Å². The molecule has 0 unspecified atom stereocenters. The zero-order chi connectivity index (χ0) is 14.4. The van der Waals surface area contributed by atoms with Crippen molar-refractivity contribution in [3.8, 4) is 0 Å². The molecule has 0 saturated carbocycles. The number of nitrogens with two attached hydrogens (primary N) is 1. The first-order valence-electron chi connectivity index (χ1n) is 7.36. The lowest BCUT2D eigenvalue weighted by Gasteiger charge is -2.30. The maximum atomic E-state index is 11.1. The maximum absolute atomic E-state index is 11.1. The van der Waals surface area contributed by atoms with Crippen LogP contribution in [0.3, 0.4) is 0 Å². The van der Waals surface area contributed by atoms with Crippen LogP contribution >= 0.6 is 0 Å². The second kappa shape index (κ2) is 7.25. The molecule has 3 nitrogen and oxygen atoms in total. The standard InChI is InChI=1S/C17H24N2O/c1-14(7-8-15-5-3-2-4-6-15)13-19-11-9-16(10-12-19)17(18)20/h2-7,16H,8-13H2,1H3,(H2,18,20)/b14-7+. The van der Waals surface area contributed by atoms with E-state index in [1.54, 1.807) is 0 Å². The van der Waals surface area contributed by atoms with Gasteiger partial charge in [0.25, 0.3) is 0 Å². The lowest BCUT2D eigenvalue weighted by atomic mass is 9.96. The SMILES string of the molecule is C/C(=C\Cc1ccccc1)CN1CCC(C(N)=O)CC1. The number of carbonyl (C=O) groups excluding carboxylic acids is 1. The van der Waals surface area contributed by atoms with Gasteiger partial charge in [-0.15, -0.1) is 0 Å². The van der Waals surface area contributed by atoms with Gasteiger partial charge in [-0.25, -0.2) is 0 Å². The van der Waals surface area contributed by atoms with Crippen LogP contribution in [0.25, 0.3) is 0 Å². The minimum Gasteiger partial charge on any atom is -0.369 e. The van der Waals surface area contributed by atoms with Crippen molar-refractivity contribution in [2.75, 3.05) is 19.6 Å². The molecule has 1 aliphatic heterocycles. The predicted molar refractivity (Wildman–Crippen MR) is 82.3 cm³/mol. The molecule has 1 aliphatic rings. The van der Waals surface area contributed by atoms with Gasteiger partial charge in [-0.1, -0.05) is 42.0 Å². The van der Waals surface area contributed by atoms with Gasteiger partial charge >= 0.3 is 0 Å². The molecular formula is C17H24N2O. The van der Waals surface area contributed by atoms with Gasteiger partial charge in [0.15, 0.2) is 0 Å². The van der Waals surface area contributed by atoms with Crippen LogP contribution in [-0.4, -0.2) is 30.4 Å². The zero-order valence-corrected chi connectivity index (χ0v) is 12.2. The number of carbonyl (C=O) groups is 1. The number of hydrogen-bond donors (Lipinski definition) is 1. The number of rotatable bonds is 5. The van der Waals surface area contributed by atoms with E-state index in [0.29, 0.717) is 0 Å². The van der Waals surface area contributed by atoms with E-state index in [-0.39, 0.29) is 11.8 Å². The molecule has 0 radical (unpaired) electrons. The van der Waals surface area contributed by atoms with Gasteiger partial charge in [0, 0.05) is 12.5 Å². The zero-order valence-electron chi connectivity index (χ0n) is 12.2. The number of likely N-dealkylation sites (tertiary alicyclic amines) is 1. The Morgan fingerprint density at radius 1 is 1.30 bits per heavy atom. The van der Waals surface area contributed by atoms with Crippen molar-refractivity contribution in [1.82, 2.24) is 4.90 Å². The molecule has 0 bridgehead atoms.